The fraction of sp³-hybridized carbons (Fsp3) is 0.458. The number of nitrogens with one attached hydrogen (secondary N) is 2. The number of pyridine rings is 1. The Kier molecular flexibility index (Phi) is 7.27. The molecule has 3 N–H and O–H groups in total. The molecule has 3 aliphatic rings. The summed E-state index contributed by atoms with van der Waals surface area (Å²) in [6, 6.07) is 6.87. The monoisotopic (exact) mass is 539 g/mol. The highest BCUT2D eigenvalue weighted by atomic mass is 35.5. The van der Waals surface area contributed by atoms with E-state index in [4.69, 9.17) is 16.3 Å². The van der Waals surface area contributed by atoms with Crippen molar-refractivity contribution in [2.75, 3.05) is 12.9 Å². The second-order valence-electron chi connectivity index (χ2n) is 9.51. The molecule has 5 rings (SSSR count). The number of halogens is 2. The van der Waals surface area contributed by atoms with Crippen molar-refractivity contribution in [1.29, 1.82) is 0 Å². The number of carbonyl (C=O) groups is 2. The summed E-state index contributed by atoms with van der Waals surface area (Å²) in [5.41, 5.74) is -1.11. The average Bonchev–Trinajstić information content (AvgIpc) is 2.83. The van der Waals surface area contributed by atoms with Crippen molar-refractivity contribution >= 4 is 33.3 Å². The molecule has 0 spiro atoms. The number of aliphatic hydroxyl groups is 1. The van der Waals surface area contributed by atoms with Gasteiger partial charge in [-0.2, -0.15) is 0 Å². The van der Waals surface area contributed by atoms with Crippen LogP contribution in [0.1, 0.15) is 37.8 Å². The minimum atomic E-state index is -3.36. The minimum Gasteiger partial charge on any atom is -0.484 e. The molecule has 0 aliphatic heterocycles. The zero-order valence-corrected chi connectivity index (χ0v) is 21.2. The van der Waals surface area contributed by atoms with Gasteiger partial charge in [-0.1, -0.05) is 11.6 Å². The van der Waals surface area contributed by atoms with Crippen LogP contribution >= 0.6 is 11.6 Å². The summed E-state index contributed by atoms with van der Waals surface area (Å²) in [6.07, 6.45) is 3.42. The third-order valence-corrected chi connectivity index (χ3v) is 8.50. The van der Waals surface area contributed by atoms with Gasteiger partial charge in [0, 0.05) is 24.1 Å². The van der Waals surface area contributed by atoms with E-state index in [1.54, 1.807) is 0 Å². The molecule has 2 bridgehead atoms. The number of fused-ring (bicyclic) bond motifs is 3. The molecule has 1 heterocycles. The van der Waals surface area contributed by atoms with E-state index in [0.29, 0.717) is 31.4 Å². The van der Waals surface area contributed by atoms with Gasteiger partial charge in [0.1, 0.15) is 11.6 Å². The Bertz CT molecular complexity index is 1260. The highest BCUT2D eigenvalue weighted by molar-refractivity contribution is 7.90. The second kappa shape index (κ2) is 9.95. The average molecular weight is 540 g/mol. The molecule has 1 atom stereocenters. The Morgan fingerprint density at radius 2 is 1.94 bits per heavy atom. The highest BCUT2D eigenvalue weighted by Crippen LogP contribution is 2.52. The number of aliphatic hydroxyl groups excluding tert-OH is 1. The van der Waals surface area contributed by atoms with Gasteiger partial charge < -0.3 is 20.5 Å². The third-order valence-electron chi connectivity index (χ3n) is 7.09. The van der Waals surface area contributed by atoms with Gasteiger partial charge >= 0.3 is 0 Å². The van der Waals surface area contributed by atoms with Gasteiger partial charge in [0.2, 0.25) is 5.91 Å². The number of sulfone groups is 1. The number of amides is 2. The van der Waals surface area contributed by atoms with Crippen LogP contribution in [0.4, 0.5) is 4.39 Å². The summed E-state index contributed by atoms with van der Waals surface area (Å²) in [4.78, 5) is 29.8. The van der Waals surface area contributed by atoms with Crippen LogP contribution in [0.3, 0.4) is 0 Å². The summed E-state index contributed by atoms with van der Waals surface area (Å²) in [5, 5.41) is 16.6. The molecule has 0 radical (unpaired) electrons. The van der Waals surface area contributed by atoms with E-state index in [1.165, 1.54) is 30.5 Å². The fourth-order valence-electron chi connectivity index (χ4n) is 4.96. The summed E-state index contributed by atoms with van der Waals surface area (Å²) >= 11 is 5.65. The van der Waals surface area contributed by atoms with Crippen molar-refractivity contribution in [3.05, 3.63) is 53.1 Å². The molecule has 194 valence electrons. The zero-order valence-electron chi connectivity index (χ0n) is 19.6. The lowest BCUT2D eigenvalue weighted by Crippen LogP contribution is -2.65. The molecule has 2 aromatic rings. The van der Waals surface area contributed by atoms with Crippen molar-refractivity contribution in [2.45, 2.75) is 55.2 Å². The Labute approximate surface area is 213 Å². The van der Waals surface area contributed by atoms with E-state index in [9.17, 15) is 27.5 Å². The molecule has 3 saturated carbocycles. The van der Waals surface area contributed by atoms with Crippen molar-refractivity contribution in [1.82, 2.24) is 15.6 Å². The minimum absolute atomic E-state index is 0.0438. The molecule has 36 heavy (non-hydrogen) atoms. The smallest absolute Gasteiger partial charge is 0.258 e. The van der Waals surface area contributed by atoms with Gasteiger partial charge in [-0.3, -0.25) is 14.6 Å². The van der Waals surface area contributed by atoms with Crippen LogP contribution in [0.25, 0.3) is 0 Å². The largest absolute Gasteiger partial charge is 0.484 e. The number of rotatable bonds is 8. The van der Waals surface area contributed by atoms with E-state index in [0.717, 1.165) is 12.3 Å². The fourth-order valence-corrected chi connectivity index (χ4v) is 5.64. The highest BCUT2D eigenvalue weighted by Gasteiger charge is 2.58. The first-order valence-corrected chi connectivity index (χ1v) is 13.7. The number of hydrogen-bond acceptors (Lipinski definition) is 7. The van der Waals surface area contributed by atoms with Gasteiger partial charge in [0.15, 0.2) is 16.4 Å². The lowest BCUT2D eigenvalue weighted by molar-refractivity contribution is -0.156. The first-order valence-electron chi connectivity index (χ1n) is 11.4. The van der Waals surface area contributed by atoms with Gasteiger partial charge in [-0.25, -0.2) is 12.8 Å². The third kappa shape index (κ3) is 5.47. The van der Waals surface area contributed by atoms with E-state index >= 15 is 0 Å². The molecule has 3 fully saturated rings. The standard InChI is InChI=1S/C24H27ClFN3O6S/c1-36(33,34)17-4-2-15(27-13-17)12-28-22(32)24-8-6-23(7-9-24,11-20(24)30)29-21(31)14-35-16-3-5-18(25)19(26)10-16/h2-5,10,13,20,30H,6-9,11-12,14H2,1H3,(H,28,32)(H,29,31). The predicted molar refractivity (Wildman–Crippen MR) is 128 cm³/mol. The van der Waals surface area contributed by atoms with E-state index < -0.39 is 38.6 Å². The number of nitrogens with zero attached hydrogens (tertiary/aromatic N) is 1. The van der Waals surface area contributed by atoms with Crippen LogP contribution in [0, 0.1) is 11.2 Å². The maximum atomic E-state index is 13.6. The SMILES string of the molecule is CS(=O)(=O)c1ccc(CNC(=O)C23CCC(NC(=O)COc4ccc(Cl)c(F)c4)(CC2)CC3O)nc1. The van der Waals surface area contributed by atoms with Gasteiger partial charge in [0.25, 0.3) is 5.91 Å². The Balaban J connectivity index is 1.31. The molecule has 3 aliphatic carbocycles. The first-order chi connectivity index (χ1) is 16.9. The van der Waals surface area contributed by atoms with Crippen LogP contribution in [0.5, 0.6) is 5.75 Å². The maximum absolute atomic E-state index is 13.6. The van der Waals surface area contributed by atoms with Gasteiger partial charge in [0.05, 0.1) is 33.7 Å². The number of aromatic nitrogens is 1. The first kappa shape index (κ1) is 26.3. The number of benzene rings is 1. The normalized spacial score (nSPS) is 25.3. The van der Waals surface area contributed by atoms with Crippen LogP contribution in [0.15, 0.2) is 41.4 Å². The Morgan fingerprint density at radius 1 is 1.22 bits per heavy atom. The maximum Gasteiger partial charge on any atom is 0.258 e. The number of ether oxygens (including phenoxy) is 1. The molecule has 9 nitrogen and oxygen atoms in total. The molecule has 1 unspecified atom stereocenters. The molecule has 1 aromatic heterocycles. The number of carbonyl (C=O) groups excluding carboxylic acids is 2. The Hall–Kier alpha value is -2.76. The lowest BCUT2D eigenvalue weighted by atomic mass is 9.55. The second-order valence-corrected chi connectivity index (χ2v) is 11.9. The Morgan fingerprint density at radius 3 is 2.53 bits per heavy atom. The van der Waals surface area contributed by atoms with Crippen molar-refractivity contribution < 1.29 is 32.2 Å². The summed E-state index contributed by atoms with van der Waals surface area (Å²) in [5.74, 6) is -1.17. The topological polar surface area (TPSA) is 135 Å². The van der Waals surface area contributed by atoms with Crippen LogP contribution in [-0.2, 0) is 26.0 Å². The summed E-state index contributed by atoms with van der Waals surface area (Å²) in [7, 11) is -3.36. The van der Waals surface area contributed by atoms with Crippen molar-refractivity contribution in [3.8, 4) is 5.75 Å². The van der Waals surface area contributed by atoms with E-state index in [1.807, 2.05) is 0 Å². The molecular formula is C24H27ClFN3O6S. The van der Waals surface area contributed by atoms with E-state index in [2.05, 4.69) is 15.6 Å². The van der Waals surface area contributed by atoms with Crippen LogP contribution < -0.4 is 15.4 Å². The van der Waals surface area contributed by atoms with Gasteiger partial charge in [-0.15, -0.1) is 0 Å². The number of hydrogen-bond donors (Lipinski definition) is 3. The summed E-state index contributed by atoms with van der Waals surface area (Å²) in [6.45, 7) is -0.225. The molecule has 0 saturated heterocycles. The summed E-state index contributed by atoms with van der Waals surface area (Å²) < 4.78 is 42.0. The van der Waals surface area contributed by atoms with Crippen LogP contribution in [0.2, 0.25) is 5.02 Å². The van der Waals surface area contributed by atoms with Crippen molar-refractivity contribution in [2.24, 2.45) is 5.41 Å². The zero-order chi connectivity index (χ0) is 26.1. The quantitative estimate of drug-likeness (QED) is 0.468. The molecule has 1 aromatic carbocycles. The molecule has 12 heteroatoms. The molecular weight excluding hydrogens is 513 g/mol. The molecule has 2 amide bonds. The van der Waals surface area contributed by atoms with Gasteiger partial charge in [-0.05, 0) is 56.4 Å². The van der Waals surface area contributed by atoms with Crippen LogP contribution in [-0.4, -0.2) is 54.8 Å². The lowest BCUT2D eigenvalue weighted by Gasteiger charge is -2.55. The van der Waals surface area contributed by atoms with Crippen molar-refractivity contribution in [3.63, 3.8) is 0 Å². The predicted octanol–water partition coefficient (Wildman–Crippen LogP) is 2.15. The van der Waals surface area contributed by atoms with E-state index in [-0.39, 0.29) is 41.1 Å².